The Morgan fingerprint density at radius 3 is 2.70 bits per heavy atom. The van der Waals surface area contributed by atoms with E-state index < -0.39 is 0 Å². The van der Waals surface area contributed by atoms with Gasteiger partial charge in [-0.25, -0.2) is 4.39 Å². The second-order valence-corrected chi connectivity index (χ2v) is 5.10. The van der Waals surface area contributed by atoms with Gasteiger partial charge >= 0.3 is 0 Å². The molecule has 1 aromatic rings. The summed E-state index contributed by atoms with van der Waals surface area (Å²) < 4.78 is 24.2. The van der Waals surface area contributed by atoms with Gasteiger partial charge in [0.2, 0.25) is 0 Å². The Morgan fingerprint density at radius 1 is 1.35 bits per heavy atom. The number of halogens is 1. The zero-order valence-corrected chi connectivity index (χ0v) is 12.0. The largest absolute Gasteiger partial charge is 0.494 e. The van der Waals surface area contributed by atoms with Gasteiger partial charge in [-0.2, -0.15) is 0 Å². The SMILES string of the molecule is COc1ccc(CN2CCC(OCCN)CC2)cc1F. The Labute approximate surface area is 119 Å². The maximum Gasteiger partial charge on any atom is 0.165 e. The van der Waals surface area contributed by atoms with Crippen molar-refractivity contribution in [3.05, 3.63) is 29.6 Å². The number of benzene rings is 1. The Balaban J connectivity index is 1.82. The van der Waals surface area contributed by atoms with Crippen molar-refractivity contribution in [3.63, 3.8) is 0 Å². The second-order valence-electron chi connectivity index (χ2n) is 5.10. The summed E-state index contributed by atoms with van der Waals surface area (Å²) in [5, 5.41) is 0. The molecule has 2 rings (SSSR count). The van der Waals surface area contributed by atoms with Gasteiger partial charge in [-0.05, 0) is 30.5 Å². The molecule has 4 nitrogen and oxygen atoms in total. The van der Waals surface area contributed by atoms with E-state index >= 15 is 0 Å². The minimum absolute atomic E-state index is 0.294. The van der Waals surface area contributed by atoms with Gasteiger partial charge in [0, 0.05) is 26.2 Å². The van der Waals surface area contributed by atoms with Crippen LogP contribution in [-0.4, -0.2) is 44.4 Å². The highest BCUT2D eigenvalue weighted by molar-refractivity contribution is 5.29. The molecule has 5 heteroatoms. The topological polar surface area (TPSA) is 47.7 Å². The summed E-state index contributed by atoms with van der Waals surface area (Å²) in [5.74, 6) is -0.00573. The zero-order chi connectivity index (χ0) is 14.4. The van der Waals surface area contributed by atoms with Crippen LogP contribution in [-0.2, 0) is 11.3 Å². The van der Waals surface area contributed by atoms with Gasteiger partial charge in [0.15, 0.2) is 11.6 Å². The molecular formula is C15H23FN2O2. The van der Waals surface area contributed by atoms with Crippen molar-refractivity contribution in [2.75, 3.05) is 33.4 Å². The maximum atomic E-state index is 13.6. The number of hydrogen-bond acceptors (Lipinski definition) is 4. The van der Waals surface area contributed by atoms with Crippen LogP contribution in [0, 0.1) is 5.82 Å². The van der Waals surface area contributed by atoms with Crippen molar-refractivity contribution in [2.24, 2.45) is 5.73 Å². The first-order valence-corrected chi connectivity index (χ1v) is 7.09. The molecule has 0 saturated carbocycles. The van der Waals surface area contributed by atoms with E-state index in [9.17, 15) is 4.39 Å². The van der Waals surface area contributed by atoms with Gasteiger partial charge in [0.25, 0.3) is 0 Å². The first-order valence-electron chi connectivity index (χ1n) is 7.09. The minimum Gasteiger partial charge on any atom is -0.494 e. The molecule has 1 saturated heterocycles. The fourth-order valence-electron chi connectivity index (χ4n) is 2.54. The fourth-order valence-corrected chi connectivity index (χ4v) is 2.54. The van der Waals surface area contributed by atoms with Crippen LogP contribution in [0.2, 0.25) is 0 Å². The molecule has 0 amide bonds. The molecule has 1 aliphatic heterocycles. The van der Waals surface area contributed by atoms with Crippen LogP contribution in [0.15, 0.2) is 18.2 Å². The molecule has 20 heavy (non-hydrogen) atoms. The van der Waals surface area contributed by atoms with E-state index in [4.69, 9.17) is 15.2 Å². The van der Waals surface area contributed by atoms with Crippen LogP contribution < -0.4 is 10.5 Å². The smallest absolute Gasteiger partial charge is 0.165 e. The van der Waals surface area contributed by atoms with E-state index in [-0.39, 0.29) is 5.82 Å². The molecule has 0 atom stereocenters. The molecule has 1 aliphatic rings. The van der Waals surface area contributed by atoms with Crippen molar-refractivity contribution < 1.29 is 13.9 Å². The van der Waals surface area contributed by atoms with E-state index in [1.165, 1.54) is 7.11 Å². The van der Waals surface area contributed by atoms with Crippen LogP contribution in [0.25, 0.3) is 0 Å². The van der Waals surface area contributed by atoms with Crippen LogP contribution in [0.4, 0.5) is 4.39 Å². The lowest BCUT2D eigenvalue weighted by Crippen LogP contribution is -2.37. The van der Waals surface area contributed by atoms with Crippen molar-refractivity contribution in [2.45, 2.75) is 25.5 Å². The van der Waals surface area contributed by atoms with Crippen molar-refractivity contribution in [1.29, 1.82) is 0 Å². The molecule has 112 valence electrons. The van der Waals surface area contributed by atoms with E-state index in [0.717, 1.165) is 38.0 Å². The first kappa shape index (κ1) is 15.2. The number of nitrogens with zero attached hydrogens (tertiary/aromatic N) is 1. The third-order valence-corrected chi connectivity index (χ3v) is 3.63. The molecule has 1 fully saturated rings. The number of piperidine rings is 1. The molecule has 2 N–H and O–H groups in total. The second kappa shape index (κ2) is 7.57. The van der Waals surface area contributed by atoms with Gasteiger partial charge in [-0.3, -0.25) is 4.90 Å². The van der Waals surface area contributed by atoms with E-state index in [1.807, 2.05) is 6.07 Å². The predicted molar refractivity (Wildman–Crippen MR) is 76.3 cm³/mol. The molecule has 0 unspecified atom stereocenters. The quantitative estimate of drug-likeness (QED) is 0.864. The van der Waals surface area contributed by atoms with Crippen LogP contribution in [0.5, 0.6) is 5.75 Å². The molecule has 0 bridgehead atoms. The molecule has 0 aliphatic carbocycles. The average molecular weight is 282 g/mol. The minimum atomic E-state index is -0.300. The molecule has 1 heterocycles. The predicted octanol–water partition coefficient (Wildman–Crippen LogP) is 1.77. The number of rotatable bonds is 6. The third-order valence-electron chi connectivity index (χ3n) is 3.63. The Bertz CT molecular complexity index is 420. The van der Waals surface area contributed by atoms with E-state index in [2.05, 4.69) is 4.90 Å². The lowest BCUT2D eigenvalue weighted by Gasteiger charge is -2.31. The lowest BCUT2D eigenvalue weighted by atomic mass is 10.1. The summed E-state index contributed by atoms with van der Waals surface area (Å²) in [5.41, 5.74) is 6.41. The van der Waals surface area contributed by atoms with Crippen LogP contribution in [0.1, 0.15) is 18.4 Å². The summed E-state index contributed by atoms with van der Waals surface area (Å²) in [6.07, 6.45) is 2.35. The monoisotopic (exact) mass is 282 g/mol. The zero-order valence-electron chi connectivity index (χ0n) is 12.0. The summed E-state index contributed by atoms with van der Waals surface area (Å²) >= 11 is 0. The number of ether oxygens (including phenoxy) is 2. The number of likely N-dealkylation sites (tertiary alicyclic amines) is 1. The van der Waals surface area contributed by atoms with Gasteiger partial charge < -0.3 is 15.2 Å². The molecule has 0 radical (unpaired) electrons. The van der Waals surface area contributed by atoms with Crippen molar-refractivity contribution in [1.82, 2.24) is 4.90 Å². The molecular weight excluding hydrogens is 259 g/mol. The Morgan fingerprint density at radius 2 is 2.10 bits per heavy atom. The van der Waals surface area contributed by atoms with Gasteiger partial charge in [0.05, 0.1) is 19.8 Å². The highest BCUT2D eigenvalue weighted by Crippen LogP contribution is 2.20. The summed E-state index contributed by atoms with van der Waals surface area (Å²) in [6.45, 7) is 3.93. The van der Waals surface area contributed by atoms with Crippen molar-refractivity contribution in [3.8, 4) is 5.75 Å². The Kier molecular flexibility index (Phi) is 5.76. The first-order chi connectivity index (χ1) is 9.72. The molecule has 0 aromatic heterocycles. The summed E-state index contributed by atoms with van der Waals surface area (Å²) in [6, 6.07) is 5.15. The highest BCUT2D eigenvalue weighted by atomic mass is 19.1. The number of methoxy groups -OCH3 is 1. The van der Waals surface area contributed by atoms with Gasteiger partial charge in [-0.15, -0.1) is 0 Å². The van der Waals surface area contributed by atoms with Gasteiger partial charge in [-0.1, -0.05) is 6.07 Å². The van der Waals surface area contributed by atoms with Crippen molar-refractivity contribution >= 4 is 0 Å². The van der Waals surface area contributed by atoms with E-state index in [1.54, 1.807) is 12.1 Å². The number of hydrogen-bond donors (Lipinski definition) is 1. The average Bonchev–Trinajstić information content (AvgIpc) is 2.47. The normalized spacial score (nSPS) is 17.4. The van der Waals surface area contributed by atoms with E-state index in [0.29, 0.717) is 25.0 Å². The molecule has 1 aromatic carbocycles. The fraction of sp³-hybridized carbons (Fsp3) is 0.600. The summed E-state index contributed by atoms with van der Waals surface area (Å²) in [7, 11) is 1.48. The number of nitrogens with two attached hydrogens (primary N) is 1. The summed E-state index contributed by atoms with van der Waals surface area (Å²) in [4.78, 5) is 2.32. The molecule has 0 spiro atoms. The van der Waals surface area contributed by atoms with Crippen LogP contribution in [0.3, 0.4) is 0 Å². The lowest BCUT2D eigenvalue weighted by molar-refractivity contribution is 0.00977. The third kappa shape index (κ3) is 4.16. The Hall–Kier alpha value is -1.17. The standard InChI is InChI=1S/C15H23FN2O2/c1-19-15-3-2-12(10-14(15)16)11-18-7-4-13(5-8-18)20-9-6-17/h2-3,10,13H,4-9,11,17H2,1H3. The maximum absolute atomic E-state index is 13.6. The van der Waals surface area contributed by atoms with Gasteiger partial charge in [0.1, 0.15) is 0 Å². The highest BCUT2D eigenvalue weighted by Gasteiger charge is 2.19. The van der Waals surface area contributed by atoms with Crippen LogP contribution >= 0.6 is 0 Å².